The molecule has 0 aliphatic rings. The first kappa shape index (κ1) is 15.1. The van der Waals surface area contributed by atoms with Crippen LogP contribution in [0.1, 0.15) is 13.8 Å². The van der Waals surface area contributed by atoms with E-state index >= 15 is 0 Å². The van der Waals surface area contributed by atoms with E-state index in [9.17, 15) is 19.8 Å². The van der Waals surface area contributed by atoms with Crippen molar-refractivity contribution in [3.63, 3.8) is 0 Å². The highest BCUT2D eigenvalue weighted by molar-refractivity contribution is 8.43. The van der Waals surface area contributed by atoms with Crippen LogP contribution < -0.4 is 0 Å². The molecule has 0 spiro atoms. The molecule has 104 valence electrons. The second-order valence-corrected chi connectivity index (χ2v) is 6.44. The Morgan fingerprint density at radius 1 is 1.37 bits per heavy atom. The van der Waals surface area contributed by atoms with Crippen molar-refractivity contribution in [1.29, 1.82) is 0 Å². The third-order valence-electron chi connectivity index (χ3n) is 2.52. The molecule has 0 radical (unpaired) electrons. The van der Waals surface area contributed by atoms with E-state index in [4.69, 9.17) is 4.74 Å². The molecule has 19 heavy (non-hydrogen) atoms. The van der Waals surface area contributed by atoms with Crippen LogP contribution in [0.15, 0.2) is 33.7 Å². The normalized spacial score (nSPS) is 15.1. The maximum absolute atomic E-state index is 11.9. The molecule has 0 aliphatic carbocycles. The average molecular weight is 286 g/mol. The quantitative estimate of drug-likeness (QED) is 0.356. The minimum Gasteiger partial charge on any atom is -0.457 e. The number of nitro groups is 1. The topological polar surface area (TPSA) is 98.9 Å². The largest absolute Gasteiger partial charge is 0.457 e. The molecule has 0 amide bonds. The molecule has 0 saturated carbocycles. The summed E-state index contributed by atoms with van der Waals surface area (Å²) in [5.74, 6) is 0.202. The Morgan fingerprint density at radius 3 is 2.32 bits per heavy atom. The summed E-state index contributed by atoms with van der Waals surface area (Å²) >= 11 is 0. The first-order valence-electron chi connectivity index (χ1n) is 5.58. The molecule has 0 bridgehead atoms. The third kappa shape index (κ3) is 2.90. The SMILES string of the molecule is CCOC(=O)S(CC)(N=O)c1ccc([N+](=O)[O-])cc1. The number of ether oxygens (including phenoxy) is 1. The van der Waals surface area contributed by atoms with E-state index in [0.717, 1.165) is 0 Å². The summed E-state index contributed by atoms with van der Waals surface area (Å²) in [6.07, 6.45) is 0. The van der Waals surface area contributed by atoms with Gasteiger partial charge in [0.25, 0.3) is 5.69 Å². The van der Waals surface area contributed by atoms with Crippen LogP contribution in [0.25, 0.3) is 0 Å². The van der Waals surface area contributed by atoms with Gasteiger partial charge >= 0.3 is 5.30 Å². The van der Waals surface area contributed by atoms with Crippen LogP contribution in [0.4, 0.5) is 10.5 Å². The molecule has 7 nitrogen and oxygen atoms in total. The van der Waals surface area contributed by atoms with Gasteiger partial charge in [-0.05, 0) is 23.6 Å². The van der Waals surface area contributed by atoms with Crippen LogP contribution in [-0.2, 0) is 4.74 Å². The van der Waals surface area contributed by atoms with Gasteiger partial charge in [0, 0.05) is 33.0 Å². The fraction of sp³-hybridized carbons (Fsp3) is 0.364. The van der Waals surface area contributed by atoms with Gasteiger partial charge in [-0.3, -0.25) is 10.1 Å². The zero-order valence-electron chi connectivity index (χ0n) is 10.6. The predicted molar refractivity (Wildman–Crippen MR) is 72.3 cm³/mol. The highest BCUT2D eigenvalue weighted by atomic mass is 32.3. The van der Waals surface area contributed by atoms with E-state index in [0.29, 0.717) is 4.90 Å². The highest BCUT2D eigenvalue weighted by Crippen LogP contribution is 2.58. The van der Waals surface area contributed by atoms with Crippen molar-refractivity contribution < 1.29 is 14.5 Å². The van der Waals surface area contributed by atoms with Crippen LogP contribution in [0.3, 0.4) is 0 Å². The fourth-order valence-corrected chi connectivity index (χ4v) is 3.43. The lowest BCUT2D eigenvalue weighted by molar-refractivity contribution is -0.384. The lowest BCUT2D eigenvalue weighted by Gasteiger charge is -2.27. The Kier molecular flexibility index (Phi) is 4.99. The summed E-state index contributed by atoms with van der Waals surface area (Å²) in [5.41, 5.74) is -0.108. The average Bonchev–Trinajstić information content (AvgIpc) is 2.41. The molecule has 1 atom stereocenters. The number of nitrogens with zero attached hydrogens (tertiary/aromatic N) is 2. The van der Waals surface area contributed by atoms with E-state index in [1.54, 1.807) is 13.8 Å². The van der Waals surface area contributed by atoms with Crippen molar-refractivity contribution in [2.75, 3.05) is 12.4 Å². The molecule has 1 rings (SSSR count). The van der Waals surface area contributed by atoms with Crippen molar-refractivity contribution in [2.24, 2.45) is 4.58 Å². The second kappa shape index (κ2) is 6.28. The summed E-state index contributed by atoms with van der Waals surface area (Å²) in [5, 5.41) is 9.91. The first-order chi connectivity index (χ1) is 9.01. The fourth-order valence-electron chi connectivity index (χ4n) is 1.52. The van der Waals surface area contributed by atoms with Gasteiger partial charge < -0.3 is 4.74 Å². The molecule has 8 heteroatoms. The first-order valence-corrected chi connectivity index (χ1v) is 7.34. The van der Waals surface area contributed by atoms with Crippen molar-refractivity contribution >= 4 is 21.2 Å². The van der Waals surface area contributed by atoms with Crippen LogP contribution in [0.5, 0.6) is 0 Å². The number of nitro benzene ring substituents is 1. The van der Waals surface area contributed by atoms with Gasteiger partial charge in [-0.25, -0.2) is 4.79 Å². The van der Waals surface area contributed by atoms with Gasteiger partial charge in [-0.1, -0.05) is 6.92 Å². The number of carbonyl (C=O) groups is 1. The highest BCUT2D eigenvalue weighted by Gasteiger charge is 2.36. The molecular weight excluding hydrogens is 272 g/mol. The van der Waals surface area contributed by atoms with E-state index in [1.807, 2.05) is 0 Å². The number of rotatable bonds is 5. The predicted octanol–water partition coefficient (Wildman–Crippen LogP) is 3.62. The van der Waals surface area contributed by atoms with Gasteiger partial charge in [-0.15, -0.1) is 4.91 Å². The zero-order valence-corrected chi connectivity index (χ0v) is 11.4. The van der Waals surface area contributed by atoms with Crippen molar-refractivity contribution in [3.05, 3.63) is 39.3 Å². The smallest absolute Gasteiger partial charge is 0.375 e. The van der Waals surface area contributed by atoms with Crippen molar-refractivity contribution in [3.8, 4) is 0 Å². The van der Waals surface area contributed by atoms with Crippen LogP contribution in [0.2, 0.25) is 0 Å². The summed E-state index contributed by atoms with van der Waals surface area (Å²) < 4.78 is 7.88. The number of hydrogen-bond acceptors (Lipinski definition) is 6. The van der Waals surface area contributed by atoms with Gasteiger partial charge in [0.05, 0.1) is 11.5 Å². The molecular formula is C11H14N2O5S. The number of non-ortho nitro benzene ring substituents is 1. The van der Waals surface area contributed by atoms with E-state index in [-0.39, 0.29) is 18.0 Å². The maximum atomic E-state index is 11.9. The zero-order chi connectivity index (χ0) is 14.5. The Hall–Kier alpha value is -1.96. The molecule has 0 N–H and O–H groups in total. The minimum atomic E-state index is -2.65. The molecule has 0 heterocycles. The van der Waals surface area contributed by atoms with E-state index in [1.165, 1.54) is 24.3 Å². The summed E-state index contributed by atoms with van der Waals surface area (Å²) in [6.45, 7) is 3.45. The van der Waals surface area contributed by atoms with Gasteiger partial charge in [-0.2, -0.15) is 0 Å². The Labute approximate surface area is 111 Å². The third-order valence-corrected chi connectivity index (χ3v) is 5.33. The molecule has 1 aromatic rings. The van der Waals surface area contributed by atoms with Crippen LogP contribution in [-0.4, -0.2) is 22.6 Å². The van der Waals surface area contributed by atoms with Crippen molar-refractivity contribution in [2.45, 2.75) is 18.7 Å². The Bertz CT molecular complexity index is 490. The summed E-state index contributed by atoms with van der Waals surface area (Å²) in [4.78, 5) is 33.5. The molecule has 0 aliphatic heterocycles. The molecule has 1 unspecified atom stereocenters. The number of benzene rings is 1. The van der Waals surface area contributed by atoms with Crippen molar-refractivity contribution in [1.82, 2.24) is 0 Å². The lowest BCUT2D eigenvalue weighted by atomic mass is 10.3. The Morgan fingerprint density at radius 2 is 1.95 bits per heavy atom. The minimum absolute atomic E-state index is 0.108. The molecule has 0 fully saturated rings. The maximum Gasteiger partial charge on any atom is 0.375 e. The number of nitroso groups, excluding NO2 is 1. The van der Waals surface area contributed by atoms with Gasteiger partial charge in [0.2, 0.25) is 0 Å². The number of carbonyl (C=O) groups excluding carboxylic acids is 1. The standard InChI is InChI=1S/C11H14N2O5S/c1-3-18-11(14)19(4-2,12-15)10-7-5-9(6-8-10)13(16)17/h5-8H,3-4H2,1-2H3. The van der Waals surface area contributed by atoms with Crippen LogP contribution in [0, 0.1) is 15.0 Å². The Balaban J connectivity index is 3.22. The van der Waals surface area contributed by atoms with E-state index < -0.39 is 20.4 Å². The van der Waals surface area contributed by atoms with Gasteiger partial charge in [0.1, 0.15) is 0 Å². The summed E-state index contributed by atoms with van der Waals surface area (Å²) in [6, 6.07) is 5.26. The lowest BCUT2D eigenvalue weighted by Crippen LogP contribution is -2.14. The molecule has 1 aromatic carbocycles. The molecule has 0 saturated heterocycles. The molecule has 0 aromatic heterocycles. The monoisotopic (exact) mass is 286 g/mol. The number of hydrogen-bond donors (Lipinski definition) is 0. The van der Waals surface area contributed by atoms with Crippen LogP contribution >= 0.6 is 10.2 Å². The summed E-state index contributed by atoms with van der Waals surface area (Å²) in [7, 11) is -2.65. The van der Waals surface area contributed by atoms with Gasteiger partial charge in [0.15, 0.2) is 0 Å². The van der Waals surface area contributed by atoms with E-state index in [2.05, 4.69) is 4.58 Å². The second-order valence-electron chi connectivity index (χ2n) is 3.50.